The van der Waals surface area contributed by atoms with E-state index in [4.69, 9.17) is 9.47 Å². The first-order valence-electron chi connectivity index (χ1n) is 7.15. The summed E-state index contributed by atoms with van der Waals surface area (Å²) in [6.07, 6.45) is 3.41. The largest absolute Gasteiger partial charge is 0.493 e. The number of carbonyl (C=O) groups excluding carboxylic acids is 1. The summed E-state index contributed by atoms with van der Waals surface area (Å²) in [5, 5.41) is 0. The highest BCUT2D eigenvalue weighted by molar-refractivity contribution is 7.12. The lowest BCUT2D eigenvalue weighted by atomic mass is 10.1. The van der Waals surface area contributed by atoms with E-state index < -0.39 is 0 Å². The van der Waals surface area contributed by atoms with E-state index in [-0.39, 0.29) is 5.78 Å². The molecule has 1 aromatic carbocycles. The number of carbonyl (C=O) groups is 1. The van der Waals surface area contributed by atoms with Crippen LogP contribution in [0.25, 0.3) is 6.08 Å². The minimum atomic E-state index is 0.0237. The Labute approximate surface area is 135 Å². The van der Waals surface area contributed by atoms with Crippen molar-refractivity contribution in [1.29, 1.82) is 0 Å². The molecule has 0 amide bonds. The minimum Gasteiger partial charge on any atom is -0.493 e. The zero-order valence-corrected chi connectivity index (χ0v) is 14.1. The predicted molar refractivity (Wildman–Crippen MR) is 91.3 cm³/mol. The molecule has 2 rings (SSSR count). The highest BCUT2D eigenvalue weighted by Crippen LogP contribution is 2.28. The molecule has 0 atom stereocenters. The summed E-state index contributed by atoms with van der Waals surface area (Å²) in [5.74, 6) is 1.40. The van der Waals surface area contributed by atoms with Gasteiger partial charge >= 0.3 is 0 Å². The summed E-state index contributed by atoms with van der Waals surface area (Å²) in [4.78, 5) is 14.5. The highest BCUT2D eigenvalue weighted by atomic mass is 32.1. The number of ether oxygens (including phenoxy) is 2. The Balaban J connectivity index is 2.21. The zero-order valence-electron chi connectivity index (χ0n) is 13.3. The van der Waals surface area contributed by atoms with Crippen LogP contribution in [0.4, 0.5) is 0 Å². The maximum Gasteiger partial charge on any atom is 0.186 e. The van der Waals surface area contributed by atoms with Gasteiger partial charge in [-0.3, -0.25) is 4.79 Å². The molecule has 1 aromatic heterocycles. The van der Waals surface area contributed by atoms with Gasteiger partial charge in [-0.25, -0.2) is 0 Å². The van der Waals surface area contributed by atoms with Crippen LogP contribution in [0.1, 0.15) is 32.6 Å². The van der Waals surface area contributed by atoms with Crippen LogP contribution in [0.2, 0.25) is 0 Å². The quantitative estimate of drug-likeness (QED) is 0.574. The van der Waals surface area contributed by atoms with Crippen molar-refractivity contribution in [2.24, 2.45) is 0 Å². The SMILES string of the molecule is CCOc1cc(/C=C/C(=O)c2cc(C)sc2C)ccc1OC. The third kappa shape index (κ3) is 3.77. The van der Waals surface area contributed by atoms with E-state index in [1.807, 2.05) is 45.0 Å². The van der Waals surface area contributed by atoms with Crippen LogP contribution in [0.15, 0.2) is 30.3 Å². The molecule has 3 nitrogen and oxygen atoms in total. The predicted octanol–water partition coefficient (Wildman–Crippen LogP) is 4.67. The topological polar surface area (TPSA) is 35.5 Å². The highest BCUT2D eigenvalue weighted by Gasteiger charge is 2.09. The lowest BCUT2D eigenvalue weighted by Gasteiger charge is -2.09. The number of benzene rings is 1. The summed E-state index contributed by atoms with van der Waals surface area (Å²) in [6, 6.07) is 7.55. The van der Waals surface area contributed by atoms with E-state index in [1.54, 1.807) is 30.6 Å². The number of rotatable bonds is 6. The van der Waals surface area contributed by atoms with Gasteiger partial charge in [-0.05, 0) is 50.6 Å². The van der Waals surface area contributed by atoms with Crippen LogP contribution < -0.4 is 9.47 Å². The fourth-order valence-corrected chi connectivity index (χ4v) is 3.13. The van der Waals surface area contributed by atoms with Gasteiger partial charge < -0.3 is 9.47 Å². The van der Waals surface area contributed by atoms with Gasteiger partial charge in [0, 0.05) is 15.3 Å². The average molecular weight is 316 g/mol. The Morgan fingerprint density at radius 2 is 2.00 bits per heavy atom. The first-order chi connectivity index (χ1) is 10.5. The number of thiophene rings is 1. The van der Waals surface area contributed by atoms with Gasteiger partial charge in [-0.15, -0.1) is 11.3 Å². The van der Waals surface area contributed by atoms with Crippen molar-refractivity contribution in [3.05, 3.63) is 51.2 Å². The smallest absolute Gasteiger partial charge is 0.186 e. The Morgan fingerprint density at radius 3 is 2.59 bits per heavy atom. The lowest BCUT2D eigenvalue weighted by Crippen LogP contribution is -1.96. The Hall–Kier alpha value is -2.07. The van der Waals surface area contributed by atoms with Crippen LogP contribution >= 0.6 is 11.3 Å². The molecule has 0 bridgehead atoms. The second kappa shape index (κ2) is 7.27. The Bertz CT molecular complexity index is 698. The fraction of sp³-hybridized carbons (Fsp3) is 0.278. The molecule has 4 heteroatoms. The first kappa shape index (κ1) is 16.3. The van der Waals surface area contributed by atoms with Crippen LogP contribution in [0.3, 0.4) is 0 Å². The van der Waals surface area contributed by atoms with Crippen LogP contribution in [0.5, 0.6) is 11.5 Å². The van der Waals surface area contributed by atoms with E-state index in [9.17, 15) is 4.79 Å². The van der Waals surface area contributed by atoms with Crippen molar-refractivity contribution in [3.63, 3.8) is 0 Å². The van der Waals surface area contributed by atoms with Crippen LogP contribution in [-0.2, 0) is 0 Å². The first-order valence-corrected chi connectivity index (χ1v) is 7.97. The van der Waals surface area contributed by atoms with Gasteiger partial charge in [0.25, 0.3) is 0 Å². The second-order valence-corrected chi connectivity index (χ2v) is 6.33. The van der Waals surface area contributed by atoms with Crippen LogP contribution in [-0.4, -0.2) is 19.5 Å². The van der Waals surface area contributed by atoms with Crippen molar-refractivity contribution in [1.82, 2.24) is 0 Å². The monoisotopic (exact) mass is 316 g/mol. The number of hydrogen-bond donors (Lipinski definition) is 0. The second-order valence-electron chi connectivity index (χ2n) is 4.87. The molecule has 0 unspecified atom stereocenters. The lowest BCUT2D eigenvalue weighted by molar-refractivity contribution is 0.104. The van der Waals surface area contributed by atoms with Crippen LogP contribution in [0, 0.1) is 13.8 Å². The maximum atomic E-state index is 12.2. The van der Waals surface area contributed by atoms with Gasteiger partial charge in [0.05, 0.1) is 13.7 Å². The third-order valence-electron chi connectivity index (χ3n) is 3.22. The molecule has 1 heterocycles. The van der Waals surface area contributed by atoms with Gasteiger partial charge in [0.1, 0.15) is 0 Å². The number of methoxy groups -OCH3 is 1. The molecule has 0 N–H and O–H groups in total. The summed E-state index contributed by atoms with van der Waals surface area (Å²) in [6.45, 7) is 6.47. The molecule has 116 valence electrons. The number of ketones is 1. The van der Waals surface area contributed by atoms with Gasteiger partial charge in [0.2, 0.25) is 0 Å². The summed E-state index contributed by atoms with van der Waals surface area (Å²) in [5.41, 5.74) is 1.68. The van der Waals surface area contributed by atoms with E-state index in [1.165, 1.54) is 0 Å². The molecule has 0 aliphatic carbocycles. The molecule has 0 radical (unpaired) electrons. The molecular weight excluding hydrogens is 296 g/mol. The number of allylic oxidation sites excluding steroid dienone is 1. The molecule has 22 heavy (non-hydrogen) atoms. The zero-order chi connectivity index (χ0) is 16.1. The summed E-state index contributed by atoms with van der Waals surface area (Å²) < 4.78 is 10.8. The van der Waals surface area contributed by atoms with E-state index in [0.717, 1.165) is 20.9 Å². The molecule has 0 spiro atoms. The van der Waals surface area contributed by atoms with Crippen molar-refractivity contribution in [2.45, 2.75) is 20.8 Å². The average Bonchev–Trinajstić information content (AvgIpc) is 2.84. The van der Waals surface area contributed by atoms with E-state index in [2.05, 4.69) is 0 Å². The number of aryl methyl sites for hydroxylation is 2. The van der Waals surface area contributed by atoms with Crippen molar-refractivity contribution >= 4 is 23.2 Å². The fourth-order valence-electron chi connectivity index (χ4n) is 2.20. The van der Waals surface area contributed by atoms with Gasteiger partial charge in [-0.1, -0.05) is 12.1 Å². The summed E-state index contributed by atoms with van der Waals surface area (Å²) >= 11 is 1.64. The number of hydrogen-bond acceptors (Lipinski definition) is 4. The van der Waals surface area contributed by atoms with Crippen molar-refractivity contribution in [2.75, 3.05) is 13.7 Å². The molecule has 0 saturated carbocycles. The van der Waals surface area contributed by atoms with Gasteiger partial charge in [0.15, 0.2) is 17.3 Å². The molecule has 0 fully saturated rings. The van der Waals surface area contributed by atoms with E-state index >= 15 is 0 Å². The molecule has 0 aliphatic heterocycles. The molecular formula is C18H20O3S. The maximum absolute atomic E-state index is 12.2. The Kier molecular flexibility index (Phi) is 5.39. The molecule has 0 aliphatic rings. The minimum absolute atomic E-state index is 0.0237. The molecule has 2 aromatic rings. The summed E-state index contributed by atoms with van der Waals surface area (Å²) in [7, 11) is 1.61. The standard InChI is InChI=1S/C18H20O3S/c1-5-21-18-11-14(7-9-17(18)20-4)6-8-16(19)15-10-12(2)22-13(15)3/h6-11H,5H2,1-4H3/b8-6+. The van der Waals surface area contributed by atoms with Crippen molar-refractivity contribution < 1.29 is 14.3 Å². The Morgan fingerprint density at radius 1 is 1.23 bits per heavy atom. The van der Waals surface area contributed by atoms with E-state index in [0.29, 0.717) is 18.1 Å². The van der Waals surface area contributed by atoms with Gasteiger partial charge in [-0.2, -0.15) is 0 Å². The van der Waals surface area contributed by atoms with Crippen molar-refractivity contribution in [3.8, 4) is 11.5 Å². The third-order valence-corrected chi connectivity index (χ3v) is 4.19. The normalized spacial score (nSPS) is 10.9. The molecule has 0 saturated heterocycles.